The largest absolute Gasteiger partial charge is 0.463 e. The second-order valence-corrected chi connectivity index (χ2v) is 14.3. The van der Waals surface area contributed by atoms with E-state index in [0.717, 1.165) is 27.9 Å². The van der Waals surface area contributed by atoms with E-state index in [1.54, 1.807) is 6.07 Å². The van der Waals surface area contributed by atoms with Crippen LogP contribution in [0.3, 0.4) is 0 Å². The van der Waals surface area contributed by atoms with E-state index in [9.17, 15) is 14.9 Å². The number of ether oxygens (including phenoxy) is 2. The molecule has 0 aliphatic carbocycles. The number of aryl methyl sites for hydroxylation is 1. The molecule has 1 atom stereocenters. The minimum Gasteiger partial charge on any atom is -0.463 e. The molecule has 3 aromatic carbocycles. The Morgan fingerprint density at radius 2 is 1.60 bits per heavy atom. The number of para-hydroxylation sites is 1. The van der Waals surface area contributed by atoms with Gasteiger partial charge in [0.15, 0.2) is 0 Å². The van der Waals surface area contributed by atoms with Gasteiger partial charge in [0.2, 0.25) is 5.72 Å². The van der Waals surface area contributed by atoms with Crippen LogP contribution >= 0.6 is 0 Å². The van der Waals surface area contributed by atoms with Gasteiger partial charge in [-0.25, -0.2) is 0 Å². The molecule has 2 heterocycles. The Labute approximate surface area is 254 Å². The van der Waals surface area contributed by atoms with Crippen LogP contribution in [0.5, 0.6) is 11.5 Å². The van der Waals surface area contributed by atoms with Crippen molar-refractivity contribution < 1.29 is 19.2 Å². The molecule has 43 heavy (non-hydrogen) atoms. The van der Waals surface area contributed by atoms with Crippen molar-refractivity contribution in [3.63, 3.8) is 0 Å². The van der Waals surface area contributed by atoms with Gasteiger partial charge in [-0.15, -0.1) is 0 Å². The van der Waals surface area contributed by atoms with E-state index in [-0.39, 0.29) is 28.9 Å². The molecule has 7 nitrogen and oxygen atoms in total. The molecule has 0 radical (unpaired) electrons. The lowest BCUT2D eigenvalue weighted by molar-refractivity contribution is -0.384. The van der Waals surface area contributed by atoms with Gasteiger partial charge in [0.25, 0.3) is 5.69 Å². The third-order valence-electron chi connectivity index (χ3n) is 8.73. The van der Waals surface area contributed by atoms with Gasteiger partial charge < -0.3 is 14.4 Å². The van der Waals surface area contributed by atoms with Gasteiger partial charge in [-0.05, 0) is 61.4 Å². The molecule has 5 rings (SSSR count). The van der Waals surface area contributed by atoms with E-state index < -0.39 is 16.1 Å². The van der Waals surface area contributed by atoms with Gasteiger partial charge in [-0.2, -0.15) is 0 Å². The molecule has 0 fully saturated rings. The molecule has 0 amide bonds. The maximum absolute atomic E-state index is 13.7. The Hall–Kier alpha value is -4.13. The summed E-state index contributed by atoms with van der Waals surface area (Å²) < 4.78 is 13.0. The van der Waals surface area contributed by atoms with Crippen LogP contribution in [0.25, 0.3) is 6.08 Å². The van der Waals surface area contributed by atoms with Crippen molar-refractivity contribution in [3.8, 4) is 11.5 Å². The number of anilines is 1. The number of hydrogen-bond donors (Lipinski definition) is 0. The zero-order valence-corrected chi connectivity index (χ0v) is 26.7. The van der Waals surface area contributed by atoms with E-state index in [2.05, 4.69) is 91.5 Å². The first-order valence-electron chi connectivity index (χ1n) is 14.9. The van der Waals surface area contributed by atoms with Crippen LogP contribution in [0.15, 0.2) is 60.7 Å². The summed E-state index contributed by atoms with van der Waals surface area (Å²) in [7, 11) is 0. The Balaban J connectivity index is 1.49. The molecule has 0 bridgehead atoms. The molecule has 2 aliphatic rings. The molecule has 0 N–H and O–H groups in total. The highest BCUT2D eigenvalue weighted by Gasteiger charge is 2.58. The van der Waals surface area contributed by atoms with Crippen LogP contribution in [-0.2, 0) is 21.0 Å². The van der Waals surface area contributed by atoms with Crippen LogP contribution in [0.4, 0.5) is 11.4 Å². The van der Waals surface area contributed by atoms with Crippen molar-refractivity contribution in [2.24, 2.45) is 0 Å². The summed E-state index contributed by atoms with van der Waals surface area (Å²) in [6.07, 6.45) is 4.00. The molecule has 1 spiro atoms. The van der Waals surface area contributed by atoms with Crippen LogP contribution in [0, 0.1) is 17.0 Å². The standard InChI is InChI=1S/C36H42N2O5/c1-23-20-27(33(2,3)4)32(28(21-23)34(5,6)7)42-31(39)17-19-37-29-13-11-10-12-26(29)35(8,9)36(37)18-16-24-22-25(38(40)41)14-15-30(24)43-36/h10-16,18,20-22H,17,19H2,1-9H3. The van der Waals surface area contributed by atoms with Gasteiger partial charge in [-0.1, -0.05) is 77.4 Å². The van der Waals surface area contributed by atoms with E-state index in [1.807, 2.05) is 24.3 Å². The first-order valence-corrected chi connectivity index (χ1v) is 14.9. The Morgan fingerprint density at radius 3 is 2.21 bits per heavy atom. The maximum Gasteiger partial charge on any atom is 0.313 e. The summed E-state index contributed by atoms with van der Waals surface area (Å²) in [5.41, 5.74) is 4.03. The lowest BCUT2D eigenvalue weighted by Gasteiger charge is -2.47. The zero-order chi connectivity index (χ0) is 31.5. The number of esters is 1. The fourth-order valence-corrected chi connectivity index (χ4v) is 6.36. The number of carbonyl (C=O) groups is 1. The van der Waals surface area contributed by atoms with Gasteiger partial charge in [-0.3, -0.25) is 14.9 Å². The van der Waals surface area contributed by atoms with Crippen molar-refractivity contribution in [3.05, 3.63) is 98.6 Å². The molecule has 7 heteroatoms. The van der Waals surface area contributed by atoms with Crippen molar-refractivity contribution >= 4 is 23.4 Å². The summed E-state index contributed by atoms with van der Waals surface area (Å²) >= 11 is 0. The van der Waals surface area contributed by atoms with Gasteiger partial charge in [0, 0.05) is 41.1 Å². The Morgan fingerprint density at radius 1 is 0.977 bits per heavy atom. The molecule has 0 saturated carbocycles. The Bertz CT molecular complexity index is 1600. The number of nitro benzene ring substituents is 1. The predicted octanol–water partition coefficient (Wildman–Crippen LogP) is 8.39. The number of non-ortho nitro benzene ring substituents is 1. The van der Waals surface area contributed by atoms with Crippen molar-refractivity contribution in [1.29, 1.82) is 0 Å². The highest BCUT2D eigenvalue weighted by Crippen LogP contribution is 2.55. The minimum absolute atomic E-state index is 0.0110. The van der Waals surface area contributed by atoms with E-state index >= 15 is 0 Å². The van der Waals surface area contributed by atoms with E-state index in [0.29, 0.717) is 23.6 Å². The third-order valence-corrected chi connectivity index (χ3v) is 8.73. The second-order valence-electron chi connectivity index (χ2n) is 14.3. The molecule has 3 aromatic rings. The zero-order valence-electron chi connectivity index (χ0n) is 26.7. The lowest BCUT2D eigenvalue weighted by Crippen LogP contribution is -2.60. The second kappa shape index (κ2) is 10.2. The quantitative estimate of drug-likeness (QED) is 0.130. The highest BCUT2D eigenvalue weighted by molar-refractivity contribution is 5.77. The van der Waals surface area contributed by atoms with Crippen LogP contribution in [0.1, 0.15) is 89.6 Å². The van der Waals surface area contributed by atoms with Crippen LogP contribution in [0.2, 0.25) is 0 Å². The highest BCUT2D eigenvalue weighted by atomic mass is 16.6. The third kappa shape index (κ3) is 5.19. The molecular formula is C36H42N2O5. The summed E-state index contributed by atoms with van der Waals surface area (Å²) in [6, 6.07) is 17.0. The molecular weight excluding hydrogens is 540 g/mol. The van der Waals surface area contributed by atoms with Crippen molar-refractivity contribution in [2.45, 2.75) is 90.7 Å². The predicted molar refractivity (Wildman–Crippen MR) is 171 cm³/mol. The number of fused-ring (bicyclic) bond motifs is 2. The molecule has 0 saturated heterocycles. The maximum atomic E-state index is 13.7. The molecule has 2 aliphatic heterocycles. The average molecular weight is 583 g/mol. The number of rotatable bonds is 5. The number of benzene rings is 3. The van der Waals surface area contributed by atoms with Gasteiger partial charge in [0.05, 0.1) is 16.8 Å². The normalized spacial score (nSPS) is 18.7. The van der Waals surface area contributed by atoms with E-state index in [1.165, 1.54) is 12.1 Å². The smallest absolute Gasteiger partial charge is 0.313 e. The molecule has 0 aromatic heterocycles. The van der Waals surface area contributed by atoms with Gasteiger partial charge in [0.1, 0.15) is 11.5 Å². The van der Waals surface area contributed by atoms with Gasteiger partial charge >= 0.3 is 5.97 Å². The molecule has 226 valence electrons. The number of hydrogen-bond acceptors (Lipinski definition) is 6. The SMILES string of the molecule is Cc1cc(C(C)(C)C)c(OC(=O)CCN2c3ccccc3C(C)(C)C23C=Cc2cc([N+](=O)[O-])ccc2O3)c(C(C)(C)C)c1. The van der Waals surface area contributed by atoms with Crippen LogP contribution < -0.4 is 14.4 Å². The fourth-order valence-electron chi connectivity index (χ4n) is 6.36. The first-order chi connectivity index (χ1) is 20.0. The topological polar surface area (TPSA) is 81.9 Å². The number of nitrogens with zero attached hydrogens (tertiary/aromatic N) is 2. The fraction of sp³-hybridized carbons (Fsp3) is 0.417. The average Bonchev–Trinajstić information content (AvgIpc) is 3.09. The van der Waals surface area contributed by atoms with Crippen molar-refractivity contribution in [1.82, 2.24) is 0 Å². The van der Waals surface area contributed by atoms with Crippen molar-refractivity contribution in [2.75, 3.05) is 11.4 Å². The summed E-state index contributed by atoms with van der Waals surface area (Å²) in [4.78, 5) is 26.8. The summed E-state index contributed by atoms with van der Waals surface area (Å²) in [5.74, 6) is 0.899. The summed E-state index contributed by atoms with van der Waals surface area (Å²) in [6.45, 7) is 19.5. The first kappa shape index (κ1) is 30.3. The lowest BCUT2D eigenvalue weighted by atomic mass is 9.76. The monoisotopic (exact) mass is 582 g/mol. The summed E-state index contributed by atoms with van der Waals surface area (Å²) in [5, 5.41) is 11.4. The minimum atomic E-state index is -0.947. The number of nitro groups is 1. The van der Waals surface area contributed by atoms with E-state index in [4.69, 9.17) is 9.47 Å². The van der Waals surface area contributed by atoms with Crippen LogP contribution in [-0.4, -0.2) is 23.2 Å². The number of carbonyl (C=O) groups excluding carboxylic acids is 1. The Kier molecular flexibility index (Phi) is 7.23. The molecule has 1 unspecified atom stereocenters.